The van der Waals surface area contributed by atoms with E-state index in [1.807, 2.05) is 0 Å². The van der Waals surface area contributed by atoms with Crippen LogP contribution in [-0.4, -0.2) is 30.3 Å². The molecular formula is C15H23NO4. The molecule has 1 heterocycles. The number of carbonyl (C=O) groups excluding carboxylic acids is 1. The third-order valence-electron chi connectivity index (χ3n) is 3.87. The Morgan fingerprint density at radius 3 is 3.00 bits per heavy atom. The standard InChI is InChI=1S/C15H23NO4/c1-11-5-2-3-6-13(11)20-10-15(18)16-12(9-17)14-7-4-8-19-14/h4,7-8,11-13,17H,2-3,5-6,9-10H2,1H3,(H,16,18). The summed E-state index contributed by atoms with van der Waals surface area (Å²) in [5.41, 5.74) is 0. The number of amides is 1. The molecule has 5 nitrogen and oxygen atoms in total. The van der Waals surface area contributed by atoms with Gasteiger partial charge in [-0.15, -0.1) is 0 Å². The van der Waals surface area contributed by atoms with E-state index in [2.05, 4.69) is 12.2 Å². The van der Waals surface area contributed by atoms with E-state index in [0.717, 1.165) is 12.8 Å². The molecule has 0 spiro atoms. The van der Waals surface area contributed by atoms with Crippen molar-refractivity contribution >= 4 is 5.91 Å². The fraction of sp³-hybridized carbons (Fsp3) is 0.667. The van der Waals surface area contributed by atoms with Crippen molar-refractivity contribution in [3.8, 4) is 0 Å². The quantitative estimate of drug-likeness (QED) is 0.837. The van der Waals surface area contributed by atoms with Crippen LogP contribution in [-0.2, 0) is 9.53 Å². The first-order valence-electron chi connectivity index (χ1n) is 7.26. The highest BCUT2D eigenvalue weighted by Crippen LogP contribution is 2.26. The van der Waals surface area contributed by atoms with Gasteiger partial charge < -0.3 is 19.6 Å². The van der Waals surface area contributed by atoms with Gasteiger partial charge in [0.15, 0.2) is 0 Å². The Labute approximate surface area is 119 Å². The molecule has 0 radical (unpaired) electrons. The van der Waals surface area contributed by atoms with Gasteiger partial charge in [-0.3, -0.25) is 4.79 Å². The summed E-state index contributed by atoms with van der Waals surface area (Å²) in [5, 5.41) is 12.0. The van der Waals surface area contributed by atoms with Gasteiger partial charge in [-0.05, 0) is 30.9 Å². The smallest absolute Gasteiger partial charge is 0.246 e. The second-order valence-corrected chi connectivity index (χ2v) is 5.43. The molecule has 3 unspecified atom stereocenters. The fourth-order valence-corrected chi connectivity index (χ4v) is 2.64. The maximum absolute atomic E-state index is 11.9. The monoisotopic (exact) mass is 281 g/mol. The van der Waals surface area contributed by atoms with Gasteiger partial charge in [-0.25, -0.2) is 0 Å². The third-order valence-corrected chi connectivity index (χ3v) is 3.87. The molecular weight excluding hydrogens is 258 g/mol. The molecule has 5 heteroatoms. The van der Waals surface area contributed by atoms with Gasteiger partial charge in [0.05, 0.1) is 19.0 Å². The number of aliphatic hydroxyl groups excluding tert-OH is 1. The summed E-state index contributed by atoms with van der Waals surface area (Å²) in [6.07, 6.45) is 6.30. The van der Waals surface area contributed by atoms with Crippen LogP contribution in [0, 0.1) is 5.92 Å². The van der Waals surface area contributed by atoms with Crippen LogP contribution in [0.5, 0.6) is 0 Å². The zero-order chi connectivity index (χ0) is 14.4. The van der Waals surface area contributed by atoms with Crippen LogP contribution in [0.3, 0.4) is 0 Å². The summed E-state index contributed by atoms with van der Waals surface area (Å²) < 4.78 is 10.9. The number of hydrogen-bond acceptors (Lipinski definition) is 4. The topological polar surface area (TPSA) is 71.7 Å². The summed E-state index contributed by atoms with van der Waals surface area (Å²) in [5.74, 6) is 0.834. The van der Waals surface area contributed by atoms with E-state index in [4.69, 9.17) is 9.15 Å². The Morgan fingerprint density at radius 1 is 1.55 bits per heavy atom. The Bertz CT molecular complexity index is 404. The van der Waals surface area contributed by atoms with Gasteiger partial charge in [0.2, 0.25) is 5.91 Å². The first-order chi connectivity index (χ1) is 9.70. The Hall–Kier alpha value is -1.33. The van der Waals surface area contributed by atoms with Crippen molar-refractivity contribution in [1.29, 1.82) is 0 Å². The predicted octanol–water partition coefficient (Wildman–Crippen LogP) is 2.02. The van der Waals surface area contributed by atoms with Crippen LogP contribution in [0.2, 0.25) is 0 Å². The van der Waals surface area contributed by atoms with Crippen LogP contribution in [0.15, 0.2) is 22.8 Å². The zero-order valence-electron chi connectivity index (χ0n) is 11.9. The minimum atomic E-state index is -0.509. The third kappa shape index (κ3) is 4.08. The first-order valence-corrected chi connectivity index (χ1v) is 7.26. The van der Waals surface area contributed by atoms with Crippen LogP contribution in [0.1, 0.15) is 44.4 Å². The Kier molecular flexibility index (Phi) is 5.61. The molecule has 20 heavy (non-hydrogen) atoms. The van der Waals surface area contributed by atoms with Gasteiger partial charge in [-0.2, -0.15) is 0 Å². The minimum absolute atomic E-state index is 0.0339. The average Bonchev–Trinajstić information content (AvgIpc) is 2.98. The number of carbonyl (C=O) groups is 1. The van der Waals surface area contributed by atoms with Crippen LogP contribution < -0.4 is 5.32 Å². The molecule has 1 aromatic heterocycles. The molecule has 1 aliphatic carbocycles. The molecule has 1 amide bonds. The summed E-state index contributed by atoms with van der Waals surface area (Å²) >= 11 is 0. The molecule has 1 fully saturated rings. The van der Waals surface area contributed by atoms with E-state index < -0.39 is 6.04 Å². The van der Waals surface area contributed by atoms with Gasteiger partial charge in [0.25, 0.3) is 0 Å². The molecule has 1 aliphatic rings. The number of aliphatic hydroxyl groups is 1. The molecule has 2 N–H and O–H groups in total. The van der Waals surface area contributed by atoms with Gasteiger partial charge in [0.1, 0.15) is 18.4 Å². The maximum atomic E-state index is 11.9. The van der Waals surface area contributed by atoms with E-state index in [0.29, 0.717) is 11.7 Å². The largest absolute Gasteiger partial charge is 0.467 e. The molecule has 0 aromatic carbocycles. The number of hydrogen-bond donors (Lipinski definition) is 2. The van der Waals surface area contributed by atoms with Crippen molar-refractivity contribution in [2.75, 3.05) is 13.2 Å². The SMILES string of the molecule is CC1CCCCC1OCC(=O)NC(CO)c1ccco1. The van der Waals surface area contributed by atoms with Crippen LogP contribution in [0.4, 0.5) is 0 Å². The normalized spacial score (nSPS) is 24.3. The van der Waals surface area contributed by atoms with E-state index >= 15 is 0 Å². The number of furan rings is 1. The lowest BCUT2D eigenvalue weighted by Gasteiger charge is -2.28. The Balaban J connectivity index is 1.77. The molecule has 1 saturated carbocycles. The van der Waals surface area contributed by atoms with Crippen LogP contribution in [0.25, 0.3) is 0 Å². The molecule has 0 bridgehead atoms. The fourth-order valence-electron chi connectivity index (χ4n) is 2.64. The highest BCUT2D eigenvalue weighted by molar-refractivity contribution is 5.77. The molecule has 3 atom stereocenters. The summed E-state index contributed by atoms with van der Waals surface area (Å²) in [6.45, 7) is 2.01. The minimum Gasteiger partial charge on any atom is -0.467 e. The maximum Gasteiger partial charge on any atom is 0.246 e. The molecule has 2 rings (SSSR count). The molecule has 1 aromatic rings. The highest BCUT2D eigenvalue weighted by Gasteiger charge is 2.23. The summed E-state index contributed by atoms with van der Waals surface area (Å²) in [4.78, 5) is 11.9. The number of rotatable bonds is 6. The molecule has 0 saturated heterocycles. The lowest BCUT2D eigenvalue weighted by molar-refractivity contribution is -0.130. The summed E-state index contributed by atoms with van der Waals surface area (Å²) in [7, 11) is 0. The van der Waals surface area contributed by atoms with Gasteiger partial charge >= 0.3 is 0 Å². The van der Waals surface area contributed by atoms with E-state index in [9.17, 15) is 9.90 Å². The van der Waals surface area contributed by atoms with E-state index in [1.54, 1.807) is 12.1 Å². The van der Waals surface area contributed by atoms with Gasteiger partial charge in [-0.1, -0.05) is 19.8 Å². The second kappa shape index (κ2) is 7.45. The lowest BCUT2D eigenvalue weighted by atomic mass is 9.88. The average molecular weight is 281 g/mol. The number of nitrogens with one attached hydrogen (secondary N) is 1. The number of ether oxygens (including phenoxy) is 1. The predicted molar refractivity (Wildman–Crippen MR) is 74.0 cm³/mol. The highest BCUT2D eigenvalue weighted by atomic mass is 16.5. The van der Waals surface area contributed by atoms with Crippen molar-refractivity contribution in [1.82, 2.24) is 5.32 Å². The first kappa shape index (κ1) is 15.1. The van der Waals surface area contributed by atoms with E-state index in [1.165, 1.54) is 19.1 Å². The van der Waals surface area contributed by atoms with Crippen molar-refractivity contribution in [3.63, 3.8) is 0 Å². The lowest BCUT2D eigenvalue weighted by Crippen LogP contribution is -2.36. The summed E-state index contributed by atoms with van der Waals surface area (Å²) in [6, 6.07) is 2.94. The van der Waals surface area contributed by atoms with Crippen molar-refractivity contribution in [2.24, 2.45) is 5.92 Å². The van der Waals surface area contributed by atoms with Crippen molar-refractivity contribution in [2.45, 2.75) is 44.8 Å². The van der Waals surface area contributed by atoms with Crippen molar-refractivity contribution < 1.29 is 19.1 Å². The second-order valence-electron chi connectivity index (χ2n) is 5.43. The molecule has 112 valence electrons. The Morgan fingerprint density at radius 2 is 2.35 bits per heavy atom. The van der Waals surface area contributed by atoms with Gasteiger partial charge in [0, 0.05) is 0 Å². The van der Waals surface area contributed by atoms with E-state index in [-0.39, 0.29) is 25.2 Å². The van der Waals surface area contributed by atoms with Crippen molar-refractivity contribution in [3.05, 3.63) is 24.2 Å². The van der Waals surface area contributed by atoms with Crippen LogP contribution >= 0.6 is 0 Å². The molecule has 0 aliphatic heterocycles. The zero-order valence-corrected chi connectivity index (χ0v) is 11.9.